The van der Waals surface area contributed by atoms with Crippen molar-refractivity contribution in [2.24, 2.45) is 0 Å². The second-order valence-electron chi connectivity index (χ2n) is 4.40. The van der Waals surface area contributed by atoms with Crippen molar-refractivity contribution in [1.82, 2.24) is 0 Å². The summed E-state index contributed by atoms with van der Waals surface area (Å²) in [6.07, 6.45) is 11.0. The van der Waals surface area contributed by atoms with Crippen LogP contribution in [0.15, 0.2) is 60.7 Å². The van der Waals surface area contributed by atoms with Gasteiger partial charge in [-0.25, -0.2) is 12.2 Å². The Balaban J connectivity index is 0.000000437. The van der Waals surface area contributed by atoms with Crippen LogP contribution in [0.3, 0.4) is 0 Å². The zero-order valence-corrected chi connectivity index (χ0v) is 15.4. The van der Waals surface area contributed by atoms with E-state index >= 15 is 0 Å². The molecule has 104 valence electrons. The molecule has 0 fully saturated rings. The summed E-state index contributed by atoms with van der Waals surface area (Å²) in [4.78, 5) is 0. The molecule has 0 saturated carbocycles. The molecule has 3 heteroatoms. The normalized spacial score (nSPS) is 11.8. The molecular weight excluding hydrogens is 378 g/mol. The molecule has 2 aromatic rings. The fourth-order valence-corrected chi connectivity index (χ4v) is 2.34. The van der Waals surface area contributed by atoms with E-state index in [1.807, 2.05) is 18.2 Å². The summed E-state index contributed by atoms with van der Waals surface area (Å²) in [6, 6.07) is 18.1. The third kappa shape index (κ3) is 4.95. The van der Waals surface area contributed by atoms with Crippen molar-refractivity contribution >= 4 is 0 Å². The number of hydrogen-bond acceptors (Lipinski definition) is 0. The molecule has 2 aromatic carbocycles. The molecule has 21 heavy (non-hydrogen) atoms. The Hall–Kier alpha value is -0.617. The number of rotatable bonds is 0. The summed E-state index contributed by atoms with van der Waals surface area (Å²) in [7, 11) is 0. The maximum absolute atomic E-state index is 3.30. The minimum absolute atomic E-state index is 0. The van der Waals surface area contributed by atoms with E-state index in [9.17, 15) is 0 Å². The molecule has 2 aliphatic carbocycles. The molecule has 0 heterocycles. The molecule has 0 radical (unpaired) electrons. The van der Waals surface area contributed by atoms with E-state index < -0.39 is 0 Å². The van der Waals surface area contributed by atoms with Crippen LogP contribution in [0.2, 0.25) is 0 Å². The molecule has 0 unspecified atom stereocenters. The van der Waals surface area contributed by atoms with Crippen LogP contribution in [-0.4, -0.2) is 0 Å². The van der Waals surface area contributed by atoms with Crippen LogP contribution >= 0.6 is 0 Å². The van der Waals surface area contributed by atoms with Crippen LogP contribution in [0.4, 0.5) is 0 Å². The third-order valence-electron chi connectivity index (χ3n) is 3.20. The number of benzene rings is 2. The third-order valence-corrected chi connectivity index (χ3v) is 3.20. The zero-order valence-electron chi connectivity index (χ0n) is 11.4. The molecule has 0 bridgehead atoms. The molecule has 0 amide bonds. The van der Waals surface area contributed by atoms with Gasteiger partial charge in [0.05, 0.1) is 0 Å². The van der Waals surface area contributed by atoms with Gasteiger partial charge in [0.15, 0.2) is 0 Å². The molecule has 0 aliphatic heterocycles. The summed E-state index contributed by atoms with van der Waals surface area (Å²) in [6.45, 7) is 0. The Morgan fingerprint density at radius 1 is 0.905 bits per heavy atom. The first kappa shape index (κ1) is 20.4. The van der Waals surface area contributed by atoms with Crippen molar-refractivity contribution in [1.29, 1.82) is 0 Å². The number of hydrogen-bond donors (Lipinski definition) is 0. The van der Waals surface area contributed by atoms with Crippen LogP contribution in [0.5, 0.6) is 0 Å². The number of fused-ring (bicyclic) bond motifs is 3. The van der Waals surface area contributed by atoms with Gasteiger partial charge in [0.25, 0.3) is 0 Å². The average Bonchev–Trinajstić information content (AvgIpc) is 3.10. The minimum Gasteiger partial charge on any atom is -1.00 e. The predicted octanol–water partition coefficient (Wildman–Crippen LogP) is -1.63. The maximum Gasteiger partial charge on any atom is 4.00 e. The van der Waals surface area contributed by atoms with Crippen LogP contribution in [-0.2, 0) is 32.6 Å². The van der Waals surface area contributed by atoms with E-state index in [0.717, 1.165) is 12.8 Å². The zero-order chi connectivity index (χ0) is 12.2. The van der Waals surface area contributed by atoms with Crippen molar-refractivity contribution < 1.29 is 51.0 Å². The quantitative estimate of drug-likeness (QED) is 0.403. The molecule has 4 rings (SSSR count). The van der Waals surface area contributed by atoms with Gasteiger partial charge in [-0.05, 0) is 6.42 Å². The summed E-state index contributed by atoms with van der Waals surface area (Å²) < 4.78 is 0. The van der Waals surface area contributed by atoms with E-state index in [0.29, 0.717) is 0 Å². The molecular formula is C18H14Cl2Zr. The number of halogens is 2. The Morgan fingerprint density at radius 2 is 1.67 bits per heavy atom. The largest absolute Gasteiger partial charge is 4.00 e. The standard InChI is InChI=1S/C13H9.C5H5.2ClH.Zr/c1-3-7-12-10(5-1)9-11-6-2-4-8-13(11)12;1-2-4-5-3-1;;;/h1-5,7-8H,9H2;1-3H,4H2;2*1H;/q2*-1;;;+4/p-2. The van der Waals surface area contributed by atoms with Crippen LogP contribution < -0.4 is 24.8 Å². The molecule has 0 saturated heterocycles. The smallest absolute Gasteiger partial charge is 1.00 e. The van der Waals surface area contributed by atoms with Crippen molar-refractivity contribution in [2.75, 3.05) is 0 Å². The van der Waals surface area contributed by atoms with Gasteiger partial charge in [-0.15, -0.1) is 12.0 Å². The summed E-state index contributed by atoms with van der Waals surface area (Å²) in [5.41, 5.74) is 5.51. The van der Waals surface area contributed by atoms with Gasteiger partial charge in [-0.1, -0.05) is 35.4 Å². The topological polar surface area (TPSA) is 0 Å². The first-order chi connectivity index (χ1) is 8.95. The molecule has 0 nitrogen and oxygen atoms in total. The summed E-state index contributed by atoms with van der Waals surface area (Å²) in [5.74, 6) is 0. The van der Waals surface area contributed by atoms with Crippen LogP contribution in [0, 0.1) is 12.1 Å². The van der Waals surface area contributed by atoms with Crippen LogP contribution in [0.25, 0.3) is 11.1 Å². The second kappa shape index (κ2) is 10.2. The fraction of sp³-hybridized carbons (Fsp3) is 0.111. The van der Waals surface area contributed by atoms with Gasteiger partial charge < -0.3 is 24.8 Å². The predicted molar refractivity (Wildman–Crippen MR) is 75.1 cm³/mol. The van der Waals surface area contributed by atoms with Gasteiger partial charge in [0, 0.05) is 0 Å². The van der Waals surface area contributed by atoms with E-state index in [1.54, 1.807) is 0 Å². The molecule has 0 N–H and O–H groups in total. The van der Waals surface area contributed by atoms with Gasteiger partial charge in [0.1, 0.15) is 0 Å². The van der Waals surface area contributed by atoms with Gasteiger partial charge in [0.2, 0.25) is 0 Å². The van der Waals surface area contributed by atoms with E-state index in [4.69, 9.17) is 0 Å². The molecule has 2 aliphatic rings. The molecule has 0 aromatic heterocycles. The summed E-state index contributed by atoms with van der Waals surface area (Å²) >= 11 is 0. The average molecular weight is 392 g/mol. The Morgan fingerprint density at radius 3 is 2.33 bits per heavy atom. The van der Waals surface area contributed by atoms with E-state index in [1.165, 1.54) is 22.3 Å². The van der Waals surface area contributed by atoms with Crippen molar-refractivity contribution in [3.8, 4) is 11.1 Å². The minimum atomic E-state index is 0. The molecule has 0 atom stereocenters. The van der Waals surface area contributed by atoms with Gasteiger partial charge >= 0.3 is 26.2 Å². The Labute approximate surface area is 158 Å². The monoisotopic (exact) mass is 390 g/mol. The van der Waals surface area contributed by atoms with Gasteiger partial charge in [-0.3, -0.25) is 6.08 Å². The fourth-order valence-electron chi connectivity index (χ4n) is 2.34. The van der Waals surface area contributed by atoms with Gasteiger partial charge in [-0.2, -0.15) is 35.9 Å². The SMILES string of the molecule is [C-]1=CC=CC1.[Cl-].[Cl-].[Zr+4].[c-]1cccc2c1Cc1ccccc1-2. The first-order valence-corrected chi connectivity index (χ1v) is 6.25. The number of allylic oxidation sites excluding steroid dienone is 4. The Bertz CT molecular complexity index is 565. The Kier molecular flexibility index (Phi) is 9.87. The van der Waals surface area contributed by atoms with E-state index in [-0.39, 0.29) is 51.0 Å². The van der Waals surface area contributed by atoms with Crippen molar-refractivity contribution in [3.63, 3.8) is 0 Å². The van der Waals surface area contributed by atoms with Crippen molar-refractivity contribution in [3.05, 3.63) is 84.0 Å². The summed E-state index contributed by atoms with van der Waals surface area (Å²) in [5, 5.41) is 0. The first-order valence-electron chi connectivity index (χ1n) is 6.25. The molecule has 0 spiro atoms. The second-order valence-corrected chi connectivity index (χ2v) is 4.40. The maximum atomic E-state index is 3.30. The van der Waals surface area contributed by atoms with Crippen molar-refractivity contribution in [2.45, 2.75) is 12.8 Å². The van der Waals surface area contributed by atoms with E-state index in [2.05, 4.69) is 54.6 Å². The van der Waals surface area contributed by atoms with Crippen LogP contribution in [0.1, 0.15) is 17.5 Å².